The van der Waals surface area contributed by atoms with Gasteiger partial charge in [-0.05, 0) is 30.3 Å². The zero-order chi connectivity index (χ0) is 14.7. The molecule has 0 aliphatic carbocycles. The van der Waals surface area contributed by atoms with E-state index >= 15 is 0 Å². The van der Waals surface area contributed by atoms with Crippen molar-refractivity contribution in [2.75, 3.05) is 18.5 Å². The van der Waals surface area contributed by atoms with Crippen LogP contribution >= 0.6 is 15.9 Å². The summed E-state index contributed by atoms with van der Waals surface area (Å²) in [5.41, 5.74) is 1.25. The Hall–Kier alpha value is -1.85. The molecular formula is C16H14BrNO3. The maximum absolute atomic E-state index is 12.4. The molecule has 4 nitrogen and oxygen atoms in total. The topological polar surface area (TPSA) is 50.9 Å². The fourth-order valence-corrected chi connectivity index (χ4v) is 2.21. The molecule has 0 aromatic heterocycles. The summed E-state index contributed by atoms with van der Waals surface area (Å²) in [6, 6.07) is 14.7. The summed E-state index contributed by atoms with van der Waals surface area (Å²) in [6.07, 6.45) is 0.147. The number of benzene rings is 2. The number of anilines is 1. The summed E-state index contributed by atoms with van der Waals surface area (Å²) in [7, 11) is 0. The molecule has 1 aliphatic rings. The lowest BCUT2D eigenvalue weighted by Gasteiger charge is -2.11. The van der Waals surface area contributed by atoms with Crippen LogP contribution in [0.2, 0.25) is 0 Å². The van der Waals surface area contributed by atoms with Crippen LogP contribution in [0.4, 0.5) is 5.69 Å². The highest BCUT2D eigenvalue weighted by molar-refractivity contribution is 9.10. The molecule has 0 spiro atoms. The number of para-hydroxylation sites is 1. The summed E-state index contributed by atoms with van der Waals surface area (Å²) in [5, 5.41) is 2.86. The minimum absolute atomic E-state index is 0.147. The van der Waals surface area contributed by atoms with Crippen LogP contribution in [0, 0.1) is 0 Å². The van der Waals surface area contributed by atoms with E-state index in [2.05, 4.69) is 21.2 Å². The lowest BCUT2D eigenvalue weighted by Crippen LogP contribution is -2.15. The Labute approximate surface area is 131 Å². The van der Waals surface area contributed by atoms with E-state index in [1.807, 2.05) is 36.4 Å². The van der Waals surface area contributed by atoms with Crippen molar-refractivity contribution in [2.24, 2.45) is 0 Å². The van der Waals surface area contributed by atoms with E-state index in [4.69, 9.17) is 9.47 Å². The molecular weight excluding hydrogens is 334 g/mol. The molecule has 1 amide bonds. The number of carbonyl (C=O) groups is 1. The first-order valence-corrected chi connectivity index (χ1v) is 7.42. The molecule has 1 unspecified atom stereocenters. The fourth-order valence-electron chi connectivity index (χ4n) is 1.87. The van der Waals surface area contributed by atoms with Crippen molar-refractivity contribution in [1.82, 2.24) is 0 Å². The highest BCUT2D eigenvalue weighted by Gasteiger charge is 2.24. The van der Waals surface area contributed by atoms with Gasteiger partial charge in [0.2, 0.25) is 0 Å². The minimum Gasteiger partial charge on any atom is -0.490 e. The summed E-state index contributed by atoms with van der Waals surface area (Å²) in [6.45, 7) is 1.18. The summed E-state index contributed by atoms with van der Waals surface area (Å²) in [4.78, 5) is 12.4. The maximum atomic E-state index is 12.4. The Morgan fingerprint density at radius 2 is 2.05 bits per heavy atom. The number of carbonyl (C=O) groups excluding carboxylic acids is 1. The predicted octanol–water partition coefficient (Wildman–Crippen LogP) is 3.48. The van der Waals surface area contributed by atoms with Gasteiger partial charge in [0.05, 0.1) is 12.2 Å². The first kappa shape index (κ1) is 14.1. The summed E-state index contributed by atoms with van der Waals surface area (Å²) < 4.78 is 11.7. The number of halogens is 1. The first-order chi connectivity index (χ1) is 10.2. The van der Waals surface area contributed by atoms with Gasteiger partial charge >= 0.3 is 0 Å². The van der Waals surface area contributed by atoms with Gasteiger partial charge in [0.25, 0.3) is 5.91 Å². The number of hydrogen-bond acceptors (Lipinski definition) is 3. The molecule has 0 bridgehead atoms. The molecule has 21 heavy (non-hydrogen) atoms. The van der Waals surface area contributed by atoms with Crippen LogP contribution in [0.1, 0.15) is 10.4 Å². The number of epoxide rings is 1. The van der Waals surface area contributed by atoms with Crippen LogP contribution in [0.15, 0.2) is 53.0 Å². The standard InChI is InChI=1S/C16H14BrNO3/c17-11-6-7-14(15(8-11)21-10-13-9-20-13)16(19)18-12-4-2-1-3-5-12/h1-8,13H,9-10H2,(H,18,19). The van der Waals surface area contributed by atoms with E-state index in [0.29, 0.717) is 17.9 Å². The molecule has 3 rings (SSSR count). The van der Waals surface area contributed by atoms with Crippen molar-refractivity contribution in [3.05, 3.63) is 58.6 Å². The Balaban J connectivity index is 1.77. The maximum Gasteiger partial charge on any atom is 0.259 e. The van der Waals surface area contributed by atoms with Crippen LogP contribution < -0.4 is 10.1 Å². The fraction of sp³-hybridized carbons (Fsp3) is 0.188. The average molecular weight is 348 g/mol. The molecule has 1 aliphatic heterocycles. The van der Waals surface area contributed by atoms with Crippen molar-refractivity contribution in [3.8, 4) is 5.75 Å². The average Bonchev–Trinajstić information content (AvgIpc) is 3.30. The number of rotatable bonds is 5. The Morgan fingerprint density at radius 1 is 1.29 bits per heavy atom. The molecule has 1 saturated heterocycles. The van der Waals surface area contributed by atoms with E-state index in [-0.39, 0.29) is 12.0 Å². The molecule has 5 heteroatoms. The molecule has 2 aromatic carbocycles. The molecule has 108 valence electrons. The van der Waals surface area contributed by atoms with Gasteiger partial charge in [-0.3, -0.25) is 4.79 Å². The van der Waals surface area contributed by atoms with Gasteiger partial charge in [0.15, 0.2) is 0 Å². The third-order valence-corrected chi connectivity index (χ3v) is 3.54. The van der Waals surface area contributed by atoms with Gasteiger partial charge in [0.1, 0.15) is 18.5 Å². The van der Waals surface area contributed by atoms with Crippen molar-refractivity contribution < 1.29 is 14.3 Å². The molecule has 1 N–H and O–H groups in total. The quantitative estimate of drug-likeness (QED) is 0.842. The van der Waals surface area contributed by atoms with Crippen molar-refractivity contribution in [3.63, 3.8) is 0 Å². The molecule has 1 fully saturated rings. The first-order valence-electron chi connectivity index (χ1n) is 6.63. The van der Waals surface area contributed by atoms with Crippen LogP contribution in [0.5, 0.6) is 5.75 Å². The van der Waals surface area contributed by atoms with Gasteiger partial charge < -0.3 is 14.8 Å². The highest BCUT2D eigenvalue weighted by Crippen LogP contribution is 2.26. The number of amides is 1. The minimum atomic E-state index is -0.194. The SMILES string of the molecule is O=C(Nc1ccccc1)c1ccc(Br)cc1OCC1CO1. The second-order valence-corrected chi connectivity index (χ2v) is 5.64. The molecule has 0 saturated carbocycles. The molecule has 2 aromatic rings. The molecule has 1 atom stereocenters. The second-order valence-electron chi connectivity index (χ2n) is 4.73. The smallest absolute Gasteiger partial charge is 0.259 e. The van der Waals surface area contributed by atoms with Gasteiger partial charge in [-0.1, -0.05) is 34.1 Å². The second kappa shape index (κ2) is 6.28. The van der Waals surface area contributed by atoms with E-state index in [1.165, 1.54) is 0 Å². The van der Waals surface area contributed by atoms with Crippen LogP contribution in [-0.2, 0) is 4.74 Å². The van der Waals surface area contributed by atoms with Crippen molar-refractivity contribution in [2.45, 2.75) is 6.10 Å². The van der Waals surface area contributed by atoms with Gasteiger partial charge in [-0.25, -0.2) is 0 Å². The largest absolute Gasteiger partial charge is 0.490 e. The zero-order valence-electron chi connectivity index (χ0n) is 11.2. The van der Waals surface area contributed by atoms with E-state index in [9.17, 15) is 4.79 Å². The van der Waals surface area contributed by atoms with Crippen LogP contribution in [-0.4, -0.2) is 25.2 Å². The summed E-state index contributed by atoms with van der Waals surface area (Å²) >= 11 is 3.39. The highest BCUT2D eigenvalue weighted by atomic mass is 79.9. The third kappa shape index (κ3) is 3.83. The van der Waals surface area contributed by atoms with Crippen molar-refractivity contribution >= 4 is 27.5 Å². The van der Waals surface area contributed by atoms with Crippen LogP contribution in [0.25, 0.3) is 0 Å². The molecule has 1 heterocycles. The van der Waals surface area contributed by atoms with Gasteiger partial charge in [-0.15, -0.1) is 0 Å². The number of hydrogen-bond donors (Lipinski definition) is 1. The lowest BCUT2D eigenvalue weighted by atomic mass is 10.2. The molecule has 0 radical (unpaired) electrons. The van der Waals surface area contributed by atoms with E-state index < -0.39 is 0 Å². The lowest BCUT2D eigenvalue weighted by molar-refractivity contribution is 0.102. The Morgan fingerprint density at radius 3 is 2.76 bits per heavy atom. The van der Waals surface area contributed by atoms with Crippen molar-refractivity contribution in [1.29, 1.82) is 0 Å². The summed E-state index contributed by atoms with van der Waals surface area (Å²) in [5.74, 6) is 0.355. The number of nitrogens with one attached hydrogen (secondary N) is 1. The Bertz CT molecular complexity index is 641. The third-order valence-electron chi connectivity index (χ3n) is 3.05. The Kier molecular flexibility index (Phi) is 4.22. The van der Waals surface area contributed by atoms with E-state index in [0.717, 1.165) is 16.8 Å². The van der Waals surface area contributed by atoms with Gasteiger partial charge in [0, 0.05) is 10.2 Å². The zero-order valence-corrected chi connectivity index (χ0v) is 12.8. The predicted molar refractivity (Wildman–Crippen MR) is 83.8 cm³/mol. The van der Waals surface area contributed by atoms with Gasteiger partial charge in [-0.2, -0.15) is 0 Å². The number of ether oxygens (including phenoxy) is 2. The van der Waals surface area contributed by atoms with E-state index in [1.54, 1.807) is 12.1 Å². The van der Waals surface area contributed by atoms with Crippen LogP contribution in [0.3, 0.4) is 0 Å². The normalized spacial score (nSPS) is 16.3. The monoisotopic (exact) mass is 347 g/mol.